The van der Waals surface area contributed by atoms with E-state index >= 15 is 0 Å². The average molecular weight is 411 g/mol. The van der Waals surface area contributed by atoms with Crippen molar-refractivity contribution in [3.05, 3.63) is 60.5 Å². The number of benzene rings is 1. The van der Waals surface area contributed by atoms with E-state index in [2.05, 4.69) is 31.5 Å². The molecule has 1 aromatic carbocycles. The van der Waals surface area contributed by atoms with Gasteiger partial charge in [0.25, 0.3) is 5.56 Å². The van der Waals surface area contributed by atoms with Crippen LogP contribution < -0.4 is 21.9 Å². The number of unbranched alkanes of at least 4 members (excludes halogenated alkanes) is 1. The average Bonchev–Trinajstić information content (AvgIpc) is 2.56. The van der Waals surface area contributed by atoms with E-state index in [1.54, 1.807) is 0 Å². The number of nitrogens with one attached hydrogen (secondary N) is 3. The van der Waals surface area contributed by atoms with Crippen LogP contribution in [-0.2, 0) is 6.54 Å². The van der Waals surface area contributed by atoms with Gasteiger partial charge in [0, 0.05) is 6.54 Å². The second kappa shape index (κ2) is 6.83. The first kappa shape index (κ1) is 17.4. The van der Waals surface area contributed by atoms with E-state index in [4.69, 9.17) is 0 Å². The van der Waals surface area contributed by atoms with Gasteiger partial charge < -0.3 is 5.32 Å². The number of hydrogen-bond acceptors (Lipinski definition) is 3. The Hall–Kier alpha value is -2.42. The lowest BCUT2D eigenvalue weighted by molar-refractivity contribution is 0.248. The Labute approximate surface area is 150 Å². The summed E-state index contributed by atoms with van der Waals surface area (Å²) in [6, 6.07) is 2.90. The van der Waals surface area contributed by atoms with E-state index in [9.17, 15) is 18.8 Å². The summed E-state index contributed by atoms with van der Waals surface area (Å²) in [4.78, 5) is 38.9. The van der Waals surface area contributed by atoms with Gasteiger partial charge in [0.05, 0.1) is 16.1 Å². The first-order valence-electron chi connectivity index (χ1n) is 7.81. The van der Waals surface area contributed by atoms with Crippen LogP contribution in [0.15, 0.2) is 32.3 Å². The van der Waals surface area contributed by atoms with Gasteiger partial charge >= 0.3 is 11.7 Å². The minimum atomic E-state index is -0.794. The zero-order valence-electron chi connectivity index (χ0n) is 13.4. The van der Waals surface area contributed by atoms with E-state index in [0.29, 0.717) is 18.5 Å². The maximum atomic E-state index is 13.5. The van der Waals surface area contributed by atoms with Crippen molar-refractivity contribution in [2.45, 2.75) is 32.4 Å². The van der Waals surface area contributed by atoms with E-state index < -0.39 is 29.1 Å². The normalized spacial score (nSPS) is 16.1. The Bertz CT molecular complexity index is 953. The molecule has 3 N–H and O–H groups in total. The predicted molar refractivity (Wildman–Crippen MR) is 94.3 cm³/mol. The molecule has 25 heavy (non-hydrogen) atoms. The van der Waals surface area contributed by atoms with Crippen molar-refractivity contribution in [3.8, 4) is 0 Å². The minimum Gasteiger partial charge on any atom is -0.327 e. The van der Waals surface area contributed by atoms with Gasteiger partial charge in [-0.05, 0) is 40.0 Å². The maximum Gasteiger partial charge on any atom is 0.329 e. The van der Waals surface area contributed by atoms with Gasteiger partial charge in [-0.25, -0.2) is 14.0 Å². The highest BCUT2D eigenvalue weighted by Crippen LogP contribution is 2.30. The zero-order valence-corrected chi connectivity index (χ0v) is 14.9. The number of amides is 2. The summed E-state index contributed by atoms with van der Waals surface area (Å²) in [5.41, 5.74) is -0.423. The van der Waals surface area contributed by atoms with Crippen LogP contribution in [0, 0.1) is 5.82 Å². The van der Waals surface area contributed by atoms with Gasteiger partial charge in [0.15, 0.2) is 0 Å². The van der Waals surface area contributed by atoms with Gasteiger partial charge in [-0.3, -0.25) is 19.7 Å². The van der Waals surface area contributed by atoms with Crippen LogP contribution in [-0.4, -0.2) is 15.6 Å². The third kappa shape index (κ3) is 3.23. The van der Waals surface area contributed by atoms with Crippen LogP contribution in [0.4, 0.5) is 15.0 Å². The first-order valence-corrected chi connectivity index (χ1v) is 8.61. The Morgan fingerprint density at radius 1 is 1.28 bits per heavy atom. The highest BCUT2D eigenvalue weighted by molar-refractivity contribution is 9.10. The van der Waals surface area contributed by atoms with Gasteiger partial charge in [-0.15, -0.1) is 0 Å². The number of halogens is 2. The summed E-state index contributed by atoms with van der Waals surface area (Å²) in [5.74, 6) is -0.276. The highest BCUT2D eigenvalue weighted by Gasteiger charge is 2.31. The highest BCUT2D eigenvalue weighted by atomic mass is 79.9. The van der Waals surface area contributed by atoms with Crippen molar-refractivity contribution in [3.63, 3.8) is 0 Å². The van der Waals surface area contributed by atoms with Crippen molar-refractivity contribution in [1.82, 2.24) is 14.9 Å². The fourth-order valence-corrected chi connectivity index (χ4v) is 3.20. The third-order valence-corrected chi connectivity index (χ3v) is 4.65. The molecule has 1 aliphatic heterocycles. The molecule has 0 bridgehead atoms. The van der Waals surface area contributed by atoms with Crippen molar-refractivity contribution in [2.24, 2.45) is 0 Å². The molecule has 9 heteroatoms. The zero-order chi connectivity index (χ0) is 18.1. The lowest BCUT2D eigenvalue weighted by atomic mass is 9.98. The van der Waals surface area contributed by atoms with Crippen molar-refractivity contribution in [1.29, 1.82) is 0 Å². The monoisotopic (exact) mass is 410 g/mol. The largest absolute Gasteiger partial charge is 0.329 e. The Morgan fingerprint density at radius 2 is 2.04 bits per heavy atom. The molecule has 3 rings (SSSR count). The van der Waals surface area contributed by atoms with Crippen LogP contribution in [0.1, 0.15) is 36.9 Å². The molecular formula is C16H16BrFN4O3. The summed E-state index contributed by atoms with van der Waals surface area (Å²) >= 11 is 3.10. The second-order valence-electron chi connectivity index (χ2n) is 5.73. The van der Waals surface area contributed by atoms with Crippen LogP contribution in [0.2, 0.25) is 0 Å². The molecule has 2 amide bonds. The number of urea groups is 1. The lowest BCUT2D eigenvalue weighted by Crippen LogP contribution is -2.46. The molecule has 132 valence electrons. The number of H-pyrrole nitrogens is 1. The quantitative estimate of drug-likeness (QED) is 0.721. The van der Waals surface area contributed by atoms with E-state index in [1.807, 2.05) is 6.92 Å². The number of anilines is 1. The fourth-order valence-electron chi connectivity index (χ4n) is 2.81. The number of fused-ring (bicyclic) bond motifs is 1. The van der Waals surface area contributed by atoms with E-state index in [-0.39, 0.29) is 15.9 Å². The molecule has 1 unspecified atom stereocenters. The molecule has 0 fully saturated rings. The summed E-state index contributed by atoms with van der Waals surface area (Å²) in [6.45, 7) is 2.34. The molecule has 0 saturated carbocycles. The summed E-state index contributed by atoms with van der Waals surface area (Å²) in [5, 5.41) is 5.20. The number of aromatic nitrogens is 2. The number of carbonyl (C=O) groups excluding carboxylic acids is 1. The smallest absolute Gasteiger partial charge is 0.327 e. The maximum absolute atomic E-state index is 13.5. The molecular weight excluding hydrogens is 395 g/mol. The van der Waals surface area contributed by atoms with Crippen molar-refractivity contribution >= 4 is 27.8 Å². The van der Waals surface area contributed by atoms with E-state index in [0.717, 1.165) is 6.42 Å². The van der Waals surface area contributed by atoms with Crippen LogP contribution in [0.25, 0.3) is 0 Å². The Morgan fingerprint density at radius 3 is 2.72 bits per heavy atom. The molecule has 1 atom stereocenters. The molecule has 0 spiro atoms. The van der Waals surface area contributed by atoms with Gasteiger partial charge in [-0.1, -0.05) is 19.4 Å². The topological polar surface area (TPSA) is 96.0 Å². The third-order valence-electron chi connectivity index (χ3n) is 4.04. The van der Waals surface area contributed by atoms with Crippen molar-refractivity contribution in [2.75, 3.05) is 5.32 Å². The molecule has 0 aliphatic carbocycles. The lowest BCUT2D eigenvalue weighted by Gasteiger charge is -2.28. The van der Waals surface area contributed by atoms with E-state index in [1.165, 1.54) is 22.8 Å². The molecule has 2 aromatic rings. The van der Waals surface area contributed by atoms with Gasteiger partial charge in [0.1, 0.15) is 11.6 Å². The number of hydrogen-bond donors (Lipinski definition) is 3. The molecule has 1 aromatic heterocycles. The fraction of sp³-hybridized carbons (Fsp3) is 0.312. The van der Waals surface area contributed by atoms with Gasteiger partial charge in [-0.2, -0.15) is 0 Å². The number of aromatic amines is 1. The number of nitrogens with zero attached hydrogens (tertiary/aromatic N) is 1. The van der Waals surface area contributed by atoms with Crippen LogP contribution in [0.3, 0.4) is 0 Å². The van der Waals surface area contributed by atoms with Crippen molar-refractivity contribution < 1.29 is 9.18 Å². The summed E-state index contributed by atoms with van der Waals surface area (Å²) in [6.07, 6.45) is 1.56. The first-order chi connectivity index (χ1) is 11.9. The Balaban J connectivity index is 2.20. The molecule has 0 radical (unpaired) electrons. The molecule has 1 aliphatic rings. The second-order valence-corrected chi connectivity index (χ2v) is 6.59. The predicted octanol–water partition coefficient (Wildman–Crippen LogP) is 2.46. The standard InChI is InChI=1S/C16H16BrFN4O3/c1-2-3-6-22-13-11(14(23)21-16(22)25)12(19-15(24)20-13)8-4-5-10(18)9(17)7-8/h4-5,7,12H,2-3,6H2,1H3,(H2,19,20,24)(H,21,23,25). The molecule has 2 heterocycles. The SMILES string of the molecule is CCCCn1c2c(c(=O)[nH]c1=O)C(c1ccc(F)c(Br)c1)NC(=O)N2. The van der Waals surface area contributed by atoms with Crippen LogP contribution >= 0.6 is 15.9 Å². The Kier molecular flexibility index (Phi) is 4.76. The molecule has 7 nitrogen and oxygen atoms in total. The van der Waals surface area contributed by atoms with Gasteiger partial charge in [0.2, 0.25) is 0 Å². The molecule has 0 saturated heterocycles. The number of rotatable bonds is 4. The van der Waals surface area contributed by atoms with Crippen LogP contribution in [0.5, 0.6) is 0 Å². The summed E-state index contributed by atoms with van der Waals surface area (Å²) < 4.78 is 15.1. The minimum absolute atomic E-state index is 0.177. The summed E-state index contributed by atoms with van der Waals surface area (Å²) in [7, 11) is 0. The number of carbonyl (C=O) groups is 1.